The van der Waals surface area contributed by atoms with Gasteiger partial charge in [-0.1, -0.05) is 0 Å². The second-order valence-corrected chi connectivity index (χ2v) is 4.07. The molecule has 0 atom stereocenters. The van der Waals surface area contributed by atoms with Crippen molar-refractivity contribution in [2.45, 2.75) is 17.9 Å². The summed E-state index contributed by atoms with van der Waals surface area (Å²) < 4.78 is 51.0. The second kappa shape index (κ2) is 2.95. The van der Waals surface area contributed by atoms with Gasteiger partial charge in [-0.25, -0.2) is 20.7 Å². The first-order valence-electron chi connectivity index (χ1n) is 3.10. The highest BCUT2D eigenvalue weighted by Crippen LogP contribution is 2.37. The van der Waals surface area contributed by atoms with Crippen LogP contribution in [0.15, 0.2) is 0 Å². The van der Waals surface area contributed by atoms with E-state index in [0.29, 0.717) is 0 Å². The highest BCUT2D eigenvalue weighted by atomic mass is 127. The van der Waals surface area contributed by atoms with E-state index in [-0.39, 0.29) is 0 Å². The van der Waals surface area contributed by atoms with Gasteiger partial charge in [-0.05, 0) is 0 Å². The molecule has 0 aromatic heterocycles. The van der Waals surface area contributed by atoms with E-state index in [4.69, 9.17) is 5.11 Å². The van der Waals surface area contributed by atoms with Crippen molar-refractivity contribution >= 4 is 22.9 Å². The van der Waals surface area contributed by atoms with E-state index < -0.39 is 31.0 Å². The van der Waals surface area contributed by atoms with Crippen LogP contribution in [-0.4, -0.2) is 39.3 Å². The van der Waals surface area contributed by atoms with E-state index in [0.717, 1.165) is 3.11 Å². The third-order valence-corrected chi connectivity index (χ3v) is 2.25. The average molecular weight is 299 g/mol. The van der Waals surface area contributed by atoms with Gasteiger partial charge < -0.3 is 5.11 Å². The molecular weight excluding hydrogens is 293 g/mol. The van der Waals surface area contributed by atoms with E-state index in [9.17, 15) is 17.6 Å². The Morgan fingerprint density at radius 3 is 1.83 bits per heavy atom. The van der Waals surface area contributed by atoms with Crippen molar-refractivity contribution in [3.63, 3.8) is 0 Å². The van der Waals surface area contributed by atoms with Crippen molar-refractivity contribution in [3.8, 4) is 0 Å². The quantitative estimate of drug-likeness (QED) is 0.414. The number of alkyl halides is 4. The van der Waals surface area contributed by atoms with E-state index >= 15 is 0 Å². The summed E-state index contributed by atoms with van der Waals surface area (Å²) in [6, 6.07) is 0. The van der Waals surface area contributed by atoms with Gasteiger partial charge in [0.25, 0.3) is 11.8 Å². The molecule has 0 amide bonds. The Morgan fingerprint density at radius 1 is 1.17 bits per heavy atom. The normalized spacial score (nSPS) is 30.5. The van der Waals surface area contributed by atoms with E-state index in [1.165, 1.54) is 22.9 Å². The van der Waals surface area contributed by atoms with Crippen molar-refractivity contribution in [1.29, 1.82) is 0 Å². The number of aliphatic hydroxyl groups excluding tert-OH is 1. The topological polar surface area (TPSA) is 23.5 Å². The number of aliphatic hydroxyl groups is 1. The lowest BCUT2D eigenvalue weighted by Gasteiger charge is -2.37. The van der Waals surface area contributed by atoms with Gasteiger partial charge in [0.05, 0.1) is 13.1 Å². The van der Waals surface area contributed by atoms with Gasteiger partial charge in [0.15, 0.2) is 6.10 Å². The first kappa shape index (κ1) is 10.5. The van der Waals surface area contributed by atoms with Gasteiger partial charge in [0, 0.05) is 22.9 Å². The van der Waals surface area contributed by atoms with Crippen molar-refractivity contribution in [2.75, 3.05) is 13.1 Å². The fourth-order valence-corrected chi connectivity index (χ4v) is 1.90. The number of rotatable bonds is 0. The number of hydrogen-bond donors (Lipinski definition) is 1. The van der Waals surface area contributed by atoms with Crippen LogP contribution in [0.4, 0.5) is 17.6 Å². The molecule has 0 saturated carbocycles. The smallest absolute Gasteiger partial charge is 0.292 e. The SMILES string of the molecule is OC1C(F)(F)CN(I)CC1(F)F. The molecule has 72 valence electrons. The van der Waals surface area contributed by atoms with Crippen LogP contribution in [0, 0.1) is 0 Å². The first-order valence-corrected chi connectivity index (χ1v) is 4.06. The molecule has 1 heterocycles. The summed E-state index contributed by atoms with van der Waals surface area (Å²) in [6.45, 7) is -1.69. The summed E-state index contributed by atoms with van der Waals surface area (Å²) in [5.74, 6) is -7.47. The lowest BCUT2D eigenvalue weighted by Crippen LogP contribution is -2.60. The minimum atomic E-state index is -3.73. The van der Waals surface area contributed by atoms with Gasteiger partial charge >= 0.3 is 0 Å². The van der Waals surface area contributed by atoms with Gasteiger partial charge in [-0.15, -0.1) is 0 Å². The maximum absolute atomic E-state index is 12.6. The van der Waals surface area contributed by atoms with Crippen LogP contribution in [0.1, 0.15) is 0 Å². The van der Waals surface area contributed by atoms with Crippen LogP contribution in [0.25, 0.3) is 0 Å². The Hall–Kier alpha value is 0.370. The number of piperidine rings is 1. The zero-order chi connectivity index (χ0) is 9.57. The lowest BCUT2D eigenvalue weighted by atomic mass is 10.0. The molecule has 1 rings (SSSR count). The van der Waals surface area contributed by atoms with Crippen LogP contribution >= 0.6 is 22.9 Å². The molecule has 1 saturated heterocycles. The van der Waals surface area contributed by atoms with Gasteiger partial charge in [0.1, 0.15) is 0 Å². The fourth-order valence-electron chi connectivity index (χ4n) is 0.995. The second-order valence-electron chi connectivity index (χ2n) is 2.70. The summed E-state index contributed by atoms with van der Waals surface area (Å²) in [5.41, 5.74) is 0. The summed E-state index contributed by atoms with van der Waals surface area (Å²) >= 11 is 1.38. The molecule has 0 unspecified atom stereocenters. The van der Waals surface area contributed by atoms with Gasteiger partial charge in [-0.3, -0.25) is 0 Å². The third kappa shape index (κ3) is 1.82. The Bertz CT molecular complexity index is 170. The molecule has 0 aromatic carbocycles. The fraction of sp³-hybridized carbons (Fsp3) is 1.00. The molecular formula is C5H6F4INO. The Balaban J connectivity index is 2.84. The average Bonchev–Trinajstić information content (AvgIpc) is 1.80. The number of halogens is 5. The molecule has 1 aliphatic rings. The van der Waals surface area contributed by atoms with Crippen molar-refractivity contribution in [1.82, 2.24) is 3.11 Å². The molecule has 12 heavy (non-hydrogen) atoms. The summed E-state index contributed by atoms with van der Waals surface area (Å²) in [4.78, 5) is 0. The predicted molar refractivity (Wildman–Crippen MR) is 41.5 cm³/mol. The zero-order valence-electron chi connectivity index (χ0n) is 5.78. The van der Waals surface area contributed by atoms with Gasteiger partial charge in [0.2, 0.25) is 0 Å². The monoisotopic (exact) mass is 299 g/mol. The maximum atomic E-state index is 12.6. The molecule has 1 aliphatic heterocycles. The molecule has 1 N–H and O–H groups in total. The van der Waals surface area contributed by atoms with Crippen LogP contribution < -0.4 is 0 Å². The summed E-state index contributed by atoms with van der Waals surface area (Å²) in [5, 5.41) is 8.55. The Labute approximate surface area is 80.0 Å². The third-order valence-electron chi connectivity index (χ3n) is 1.56. The summed E-state index contributed by atoms with van der Waals surface area (Å²) in [6.07, 6.45) is -2.86. The minimum Gasteiger partial charge on any atom is -0.381 e. The molecule has 2 nitrogen and oxygen atoms in total. The standard InChI is InChI=1S/C5H6F4INO/c6-4(7)1-11(10)2-5(8,9)3(4)12/h3,12H,1-2H2. The highest BCUT2D eigenvalue weighted by Gasteiger charge is 2.59. The molecule has 0 spiro atoms. The van der Waals surface area contributed by atoms with Crippen molar-refractivity contribution < 1.29 is 22.7 Å². The lowest BCUT2D eigenvalue weighted by molar-refractivity contribution is -0.238. The van der Waals surface area contributed by atoms with Crippen LogP contribution in [-0.2, 0) is 0 Å². The first-order chi connectivity index (χ1) is 5.26. The zero-order valence-corrected chi connectivity index (χ0v) is 7.93. The van der Waals surface area contributed by atoms with Crippen molar-refractivity contribution in [3.05, 3.63) is 0 Å². The highest BCUT2D eigenvalue weighted by molar-refractivity contribution is 14.1. The maximum Gasteiger partial charge on any atom is 0.292 e. The Morgan fingerprint density at radius 2 is 1.50 bits per heavy atom. The van der Waals surface area contributed by atoms with E-state index in [1.807, 2.05) is 0 Å². The summed E-state index contributed by atoms with van der Waals surface area (Å²) in [7, 11) is 0. The van der Waals surface area contributed by atoms with Crippen LogP contribution in [0.2, 0.25) is 0 Å². The number of nitrogens with zero attached hydrogens (tertiary/aromatic N) is 1. The Kier molecular flexibility index (Phi) is 2.57. The molecule has 0 aliphatic carbocycles. The van der Waals surface area contributed by atoms with Crippen molar-refractivity contribution in [2.24, 2.45) is 0 Å². The number of hydrogen-bond acceptors (Lipinski definition) is 2. The molecule has 0 aromatic rings. The molecule has 0 radical (unpaired) electrons. The van der Waals surface area contributed by atoms with Gasteiger partial charge in [-0.2, -0.15) is 0 Å². The van der Waals surface area contributed by atoms with Crippen LogP contribution in [0.3, 0.4) is 0 Å². The molecule has 7 heteroatoms. The largest absolute Gasteiger partial charge is 0.381 e. The minimum absolute atomic E-state index is 0.768. The van der Waals surface area contributed by atoms with E-state index in [1.54, 1.807) is 0 Å². The molecule has 1 fully saturated rings. The molecule has 0 bridgehead atoms. The predicted octanol–water partition coefficient (Wildman–Crippen LogP) is 1.28. The van der Waals surface area contributed by atoms with E-state index in [2.05, 4.69) is 0 Å². The van der Waals surface area contributed by atoms with Crippen LogP contribution in [0.5, 0.6) is 0 Å².